The Hall–Kier alpha value is -2.64. The second kappa shape index (κ2) is 10.1. The van der Waals surface area contributed by atoms with E-state index in [1.54, 1.807) is 44.2 Å². The molecule has 150 valence electrons. The summed E-state index contributed by atoms with van der Waals surface area (Å²) < 4.78 is 26.6. The minimum atomic E-state index is -0.876. The smallest absolute Gasteiger partial charge is 0.306 e. The first kappa shape index (κ1) is 21.7. The lowest BCUT2D eigenvalue weighted by molar-refractivity contribution is -0.122. The number of carbonyl (C=O) groups is 2. The van der Waals surface area contributed by atoms with Gasteiger partial charge in [0.05, 0.1) is 6.10 Å². The van der Waals surface area contributed by atoms with E-state index in [0.29, 0.717) is 12.1 Å². The number of likely N-dealkylation sites (N-methyl/N-ethyl adjacent to an activating group) is 1. The third-order valence-electron chi connectivity index (χ3n) is 4.43. The van der Waals surface area contributed by atoms with E-state index in [1.165, 1.54) is 17.1 Å². The number of benzene rings is 2. The number of aliphatic hydroxyl groups is 1. The number of Topliss-reactive ketones (excluding diaryl/α,β-unsaturated/α-hetero) is 1. The van der Waals surface area contributed by atoms with Crippen molar-refractivity contribution in [1.82, 2.24) is 10.4 Å². The number of hydrazine groups is 1. The summed E-state index contributed by atoms with van der Waals surface area (Å²) >= 11 is 0. The first-order valence-corrected chi connectivity index (χ1v) is 9.08. The molecule has 0 bridgehead atoms. The predicted molar refractivity (Wildman–Crippen MR) is 101 cm³/mol. The van der Waals surface area contributed by atoms with Crippen LogP contribution in [-0.4, -0.2) is 41.0 Å². The average Bonchev–Trinajstić information content (AvgIpc) is 2.66. The maximum Gasteiger partial charge on any atom is 0.306 e. The quantitative estimate of drug-likeness (QED) is 0.392. The lowest BCUT2D eigenvalue weighted by atomic mass is 9.95. The molecule has 2 atom stereocenters. The summed E-state index contributed by atoms with van der Waals surface area (Å²) in [6.07, 6.45) is -0.608. The van der Waals surface area contributed by atoms with E-state index in [2.05, 4.69) is 5.43 Å². The molecule has 0 aliphatic carbocycles. The second-order valence-corrected chi connectivity index (χ2v) is 6.70. The van der Waals surface area contributed by atoms with Gasteiger partial charge < -0.3 is 5.11 Å². The van der Waals surface area contributed by atoms with Gasteiger partial charge >= 0.3 is 5.91 Å². The van der Waals surface area contributed by atoms with Gasteiger partial charge in [0.15, 0.2) is 0 Å². The van der Waals surface area contributed by atoms with Crippen LogP contribution in [0.3, 0.4) is 0 Å². The summed E-state index contributed by atoms with van der Waals surface area (Å²) in [7, 11) is 0. The molecule has 2 aromatic carbocycles. The Balaban J connectivity index is 1.93. The maximum absolute atomic E-state index is 13.3. The summed E-state index contributed by atoms with van der Waals surface area (Å²) in [6, 6.07) is 11.4. The zero-order chi connectivity index (χ0) is 20.7. The third kappa shape index (κ3) is 6.21. The zero-order valence-corrected chi connectivity index (χ0v) is 15.9. The standard InChI is InChI=1S/C21H24F2N2O3/c1-3-25(24-21(28)20(27)16-7-5-4-6-8-16)13-19(26)14(2)9-15-10-17(22)12-18(23)11-15/h4-8,10-12,14,19,26H,3,9,13H2,1-2H3,(H,24,28). The number of carbonyl (C=O) groups excluding carboxylic acids is 2. The summed E-state index contributed by atoms with van der Waals surface area (Å²) in [5.41, 5.74) is 3.21. The van der Waals surface area contributed by atoms with Crippen LogP contribution >= 0.6 is 0 Å². The molecule has 2 unspecified atom stereocenters. The van der Waals surface area contributed by atoms with Gasteiger partial charge in [-0.25, -0.2) is 13.8 Å². The minimum Gasteiger partial charge on any atom is -0.391 e. The Kier molecular flexibility index (Phi) is 7.78. The highest BCUT2D eigenvalue weighted by Crippen LogP contribution is 2.16. The third-order valence-corrected chi connectivity index (χ3v) is 4.43. The molecule has 0 saturated heterocycles. The van der Waals surface area contributed by atoms with Crippen molar-refractivity contribution in [1.29, 1.82) is 0 Å². The highest BCUT2D eigenvalue weighted by Gasteiger charge is 2.22. The molecule has 0 aromatic heterocycles. The van der Waals surface area contributed by atoms with E-state index in [-0.39, 0.29) is 24.4 Å². The molecule has 7 heteroatoms. The van der Waals surface area contributed by atoms with Crippen molar-refractivity contribution >= 4 is 11.7 Å². The SMILES string of the molecule is CCN(CC(O)C(C)Cc1cc(F)cc(F)c1)NC(=O)C(=O)c1ccccc1. The van der Waals surface area contributed by atoms with Gasteiger partial charge in [0.25, 0.3) is 5.78 Å². The van der Waals surface area contributed by atoms with E-state index in [9.17, 15) is 23.5 Å². The fourth-order valence-corrected chi connectivity index (χ4v) is 2.81. The lowest BCUT2D eigenvalue weighted by Gasteiger charge is -2.27. The monoisotopic (exact) mass is 390 g/mol. The molecule has 2 aromatic rings. The molecular weight excluding hydrogens is 366 g/mol. The number of hydrogen-bond acceptors (Lipinski definition) is 4. The number of amides is 1. The minimum absolute atomic E-state index is 0.0727. The van der Waals surface area contributed by atoms with Crippen LogP contribution in [0.15, 0.2) is 48.5 Å². The van der Waals surface area contributed by atoms with Gasteiger partial charge in [-0.1, -0.05) is 44.2 Å². The van der Waals surface area contributed by atoms with Gasteiger partial charge in [-0.15, -0.1) is 0 Å². The van der Waals surface area contributed by atoms with Crippen LogP contribution in [0.4, 0.5) is 8.78 Å². The van der Waals surface area contributed by atoms with Gasteiger partial charge in [0.2, 0.25) is 0 Å². The fraction of sp³-hybridized carbons (Fsp3) is 0.333. The summed E-state index contributed by atoms with van der Waals surface area (Å²) in [5.74, 6) is -3.12. The Bertz CT molecular complexity index is 794. The van der Waals surface area contributed by atoms with Gasteiger partial charge in [-0.05, 0) is 30.0 Å². The number of halogens is 2. The highest BCUT2D eigenvalue weighted by molar-refractivity contribution is 6.42. The summed E-state index contributed by atoms with van der Waals surface area (Å²) in [4.78, 5) is 24.3. The molecule has 5 nitrogen and oxygen atoms in total. The first-order chi connectivity index (χ1) is 13.3. The highest BCUT2D eigenvalue weighted by atomic mass is 19.1. The molecule has 1 amide bonds. The molecular formula is C21H24F2N2O3. The van der Waals surface area contributed by atoms with Crippen LogP contribution in [-0.2, 0) is 11.2 Å². The van der Waals surface area contributed by atoms with Crippen molar-refractivity contribution in [2.75, 3.05) is 13.1 Å². The Morgan fingerprint density at radius 2 is 1.71 bits per heavy atom. The number of ketones is 1. The van der Waals surface area contributed by atoms with E-state index in [4.69, 9.17) is 0 Å². The van der Waals surface area contributed by atoms with Gasteiger partial charge in [-0.3, -0.25) is 15.0 Å². The number of rotatable bonds is 9. The van der Waals surface area contributed by atoms with Gasteiger partial charge in [0, 0.05) is 24.7 Å². The van der Waals surface area contributed by atoms with Crippen LogP contribution in [0.1, 0.15) is 29.8 Å². The molecule has 0 aliphatic heterocycles. The molecule has 2 N–H and O–H groups in total. The van der Waals surface area contributed by atoms with Gasteiger partial charge in [-0.2, -0.15) is 0 Å². The topological polar surface area (TPSA) is 69.6 Å². The van der Waals surface area contributed by atoms with Crippen molar-refractivity contribution in [2.45, 2.75) is 26.4 Å². The Morgan fingerprint density at radius 1 is 1.11 bits per heavy atom. The second-order valence-electron chi connectivity index (χ2n) is 6.70. The van der Waals surface area contributed by atoms with E-state index in [1.807, 2.05) is 0 Å². The fourth-order valence-electron chi connectivity index (χ4n) is 2.81. The van der Waals surface area contributed by atoms with Crippen molar-refractivity contribution in [2.24, 2.45) is 5.92 Å². The van der Waals surface area contributed by atoms with Crippen molar-refractivity contribution in [3.8, 4) is 0 Å². The normalized spacial score (nSPS) is 13.2. The van der Waals surface area contributed by atoms with Crippen molar-refractivity contribution < 1.29 is 23.5 Å². The molecule has 28 heavy (non-hydrogen) atoms. The number of nitrogens with one attached hydrogen (secondary N) is 1. The summed E-state index contributed by atoms with van der Waals surface area (Å²) in [6.45, 7) is 3.96. The van der Waals surface area contributed by atoms with Gasteiger partial charge in [0.1, 0.15) is 11.6 Å². The van der Waals surface area contributed by atoms with Crippen molar-refractivity contribution in [3.05, 3.63) is 71.3 Å². The van der Waals surface area contributed by atoms with E-state index in [0.717, 1.165) is 6.07 Å². The largest absolute Gasteiger partial charge is 0.391 e. The number of hydrogen-bond donors (Lipinski definition) is 2. The van der Waals surface area contributed by atoms with E-state index >= 15 is 0 Å². The first-order valence-electron chi connectivity index (χ1n) is 9.08. The van der Waals surface area contributed by atoms with Crippen LogP contribution in [0, 0.1) is 17.6 Å². The number of aliphatic hydroxyl groups excluding tert-OH is 1. The molecule has 0 aliphatic rings. The van der Waals surface area contributed by atoms with E-state index < -0.39 is 29.4 Å². The molecule has 0 saturated carbocycles. The van der Waals surface area contributed by atoms with Crippen LogP contribution in [0.2, 0.25) is 0 Å². The molecule has 0 heterocycles. The lowest BCUT2D eigenvalue weighted by Crippen LogP contribution is -2.49. The maximum atomic E-state index is 13.3. The van der Waals surface area contributed by atoms with Crippen LogP contribution < -0.4 is 5.43 Å². The van der Waals surface area contributed by atoms with Crippen molar-refractivity contribution in [3.63, 3.8) is 0 Å². The Morgan fingerprint density at radius 3 is 2.29 bits per heavy atom. The van der Waals surface area contributed by atoms with Crippen LogP contribution in [0.25, 0.3) is 0 Å². The average molecular weight is 390 g/mol. The summed E-state index contributed by atoms with van der Waals surface area (Å²) in [5, 5.41) is 11.9. The zero-order valence-electron chi connectivity index (χ0n) is 15.9. The number of nitrogens with zero attached hydrogens (tertiary/aromatic N) is 1. The molecule has 2 rings (SSSR count). The molecule has 0 fully saturated rings. The molecule has 0 radical (unpaired) electrons. The Labute approximate surface area is 163 Å². The predicted octanol–water partition coefficient (Wildman–Crippen LogP) is 2.74. The van der Waals surface area contributed by atoms with Crippen LogP contribution in [0.5, 0.6) is 0 Å². The molecule has 0 spiro atoms.